The SMILES string of the molecule is CCOc1ccc(N(CCCC(=O)N(Cc2ccc(Cl)c(Cl)c2)[C@@H](CC)C(=O)N[C@@H](C)CC)S(C)(=O)=O)cc1. The van der Waals surface area contributed by atoms with E-state index in [1.165, 1.54) is 4.31 Å². The Labute approximate surface area is 242 Å². The fourth-order valence-corrected chi connectivity index (χ4v) is 5.36. The zero-order valence-corrected chi connectivity index (χ0v) is 25.6. The summed E-state index contributed by atoms with van der Waals surface area (Å²) in [4.78, 5) is 28.2. The number of rotatable bonds is 15. The lowest BCUT2D eigenvalue weighted by molar-refractivity contribution is -0.141. The van der Waals surface area contributed by atoms with E-state index in [4.69, 9.17) is 27.9 Å². The van der Waals surface area contributed by atoms with Gasteiger partial charge in [0.2, 0.25) is 21.8 Å². The summed E-state index contributed by atoms with van der Waals surface area (Å²) in [5.74, 6) is 0.156. The molecule has 2 rings (SSSR count). The van der Waals surface area contributed by atoms with Gasteiger partial charge in [0.15, 0.2) is 0 Å². The van der Waals surface area contributed by atoms with Crippen LogP contribution in [-0.4, -0.2) is 56.6 Å². The van der Waals surface area contributed by atoms with Crippen molar-refractivity contribution in [1.29, 1.82) is 0 Å². The van der Waals surface area contributed by atoms with Gasteiger partial charge in [0.05, 0.1) is 28.6 Å². The number of halogens is 2. The highest BCUT2D eigenvalue weighted by Gasteiger charge is 2.29. The number of amides is 2. The summed E-state index contributed by atoms with van der Waals surface area (Å²) in [5, 5.41) is 3.73. The molecule has 0 aliphatic rings. The third kappa shape index (κ3) is 9.89. The van der Waals surface area contributed by atoms with Crippen LogP contribution in [0, 0.1) is 0 Å². The number of benzene rings is 2. The van der Waals surface area contributed by atoms with Gasteiger partial charge in [-0.2, -0.15) is 0 Å². The average molecular weight is 601 g/mol. The van der Waals surface area contributed by atoms with Gasteiger partial charge in [-0.3, -0.25) is 13.9 Å². The smallest absolute Gasteiger partial charge is 0.243 e. The molecule has 2 amide bonds. The molecule has 0 radical (unpaired) electrons. The highest BCUT2D eigenvalue weighted by Crippen LogP contribution is 2.25. The fourth-order valence-electron chi connectivity index (χ4n) is 4.07. The lowest BCUT2D eigenvalue weighted by Crippen LogP contribution is -2.50. The van der Waals surface area contributed by atoms with Crippen molar-refractivity contribution >= 4 is 50.7 Å². The molecule has 11 heteroatoms. The van der Waals surface area contributed by atoms with Crippen LogP contribution >= 0.6 is 23.2 Å². The lowest BCUT2D eigenvalue weighted by Gasteiger charge is -2.32. The molecule has 39 heavy (non-hydrogen) atoms. The van der Waals surface area contributed by atoms with E-state index in [0.29, 0.717) is 34.5 Å². The van der Waals surface area contributed by atoms with Crippen molar-refractivity contribution in [2.75, 3.05) is 23.7 Å². The second-order valence-corrected chi connectivity index (χ2v) is 12.1. The van der Waals surface area contributed by atoms with E-state index in [2.05, 4.69) is 5.32 Å². The van der Waals surface area contributed by atoms with Gasteiger partial charge < -0.3 is 15.0 Å². The van der Waals surface area contributed by atoms with Crippen LogP contribution < -0.4 is 14.4 Å². The van der Waals surface area contributed by atoms with Gasteiger partial charge in [0, 0.05) is 25.6 Å². The Morgan fingerprint density at radius 3 is 2.21 bits per heavy atom. The van der Waals surface area contributed by atoms with Crippen LogP contribution in [0.15, 0.2) is 42.5 Å². The molecule has 0 unspecified atom stereocenters. The van der Waals surface area contributed by atoms with Gasteiger partial charge in [-0.15, -0.1) is 0 Å². The molecule has 0 fully saturated rings. The molecule has 2 atom stereocenters. The molecule has 0 aromatic heterocycles. The van der Waals surface area contributed by atoms with Gasteiger partial charge in [0.25, 0.3) is 0 Å². The van der Waals surface area contributed by atoms with Crippen LogP contribution in [0.25, 0.3) is 0 Å². The number of carbonyl (C=O) groups excluding carboxylic acids is 2. The maximum Gasteiger partial charge on any atom is 0.243 e. The molecule has 0 saturated heterocycles. The first-order chi connectivity index (χ1) is 18.4. The molecule has 0 aliphatic heterocycles. The zero-order valence-electron chi connectivity index (χ0n) is 23.2. The van der Waals surface area contributed by atoms with Gasteiger partial charge in [-0.05, 0) is 75.1 Å². The molecule has 2 aromatic carbocycles. The summed E-state index contributed by atoms with van der Waals surface area (Å²) in [6.45, 7) is 8.39. The Morgan fingerprint density at radius 1 is 1.00 bits per heavy atom. The predicted octanol–water partition coefficient (Wildman–Crippen LogP) is 5.66. The Balaban J connectivity index is 2.24. The minimum Gasteiger partial charge on any atom is -0.494 e. The van der Waals surface area contributed by atoms with Crippen LogP contribution in [0.5, 0.6) is 5.75 Å². The Bertz CT molecular complexity index is 1210. The minimum atomic E-state index is -3.59. The molecule has 0 bridgehead atoms. The lowest BCUT2D eigenvalue weighted by atomic mass is 10.1. The van der Waals surface area contributed by atoms with Crippen molar-refractivity contribution in [2.24, 2.45) is 0 Å². The number of carbonyl (C=O) groups is 2. The summed E-state index contributed by atoms with van der Waals surface area (Å²) in [6.07, 6.45) is 2.62. The molecule has 0 saturated carbocycles. The molecule has 0 aliphatic carbocycles. The Kier molecular flexibility index (Phi) is 12.9. The van der Waals surface area contributed by atoms with Crippen molar-refractivity contribution in [3.05, 3.63) is 58.1 Å². The van der Waals surface area contributed by atoms with E-state index in [9.17, 15) is 18.0 Å². The first-order valence-corrected chi connectivity index (χ1v) is 15.8. The zero-order chi connectivity index (χ0) is 29.2. The van der Waals surface area contributed by atoms with Crippen molar-refractivity contribution in [3.8, 4) is 5.75 Å². The average Bonchev–Trinajstić information content (AvgIpc) is 2.88. The first kappa shape index (κ1) is 32.7. The van der Waals surface area contributed by atoms with E-state index >= 15 is 0 Å². The number of anilines is 1. The summed E-state index contributed by atoms with van der Waals surface area (Å²) in [6, 6.07) is 11.2. The fraction of sp³-hybridized carbons (Fsp3) is 0.500. The first-order valence-electron chi connectivity index (χ1n) is 13.2. The van der Waals surface area contributed by atoms with E-state index in [-0.39, 0.29) is 43.8 Å². The monoisotopic (exact) mass is 599 g/mol. The van der Waals surface area contributed by atoms with E-state index in [1.54, 1.807) is 47.4 Å². The molecule has 1 N–H and O–H groups in total. The molecular formula is C28H39Cl2N3O5S. The molecular weight excluding hydrogens is 561 g/mol. The van der Waals surface area contributed by atoms with Crippen LogP contribution in [-0.2, 0) is 26.2 Å². The van der Waals surface area contributed by atoms with Crippen molar-refractivity contribution in [2.45, 2.75) is 72.0 Å². The number of hydrogen-bond donors (Lipinski definition) is 1. The van der Waals surface area contributed by atoms with Crippen molar-refractivity contribution in [3.63, 3.8) is 0 Å². The van der Waals surface area contributed by atoms with Crippen LogP contribution in [0.3, 0.4) is 0 Å². The van der Waals surface area contributed by atoms with Crippen molar-refractivity contribution < 1.29 is 22.7 Å². The quantitative estimate of drug-likeness (QED) is 0.285. The second kappa shape index (κ2) is 15.3. The Hall–Kier alpha value is -2.49. The molecule has 0 spiro atoms. The number of sulfonamides is 1. The highest BCUT2D eigenvalue weighted by atomic mass is 35.5. The summed E-state index contributed by atoms with van der Waals surface area (Å²) in [5.41, 5.74) is 1.22. The molecule has 0 heterocycles. The normalized spacial score (nSPS) is 12.9. The van der Waals surface area contributed by atoms with Gasteiger partial charge in [-0.25, -0.2) is 8.42 Å². The largest absolute Gasteiger partial charge is 0.494 e. The maximum atomic E-state index is 13.5. The molecule has 2 aromatic rings. The van der Waals surface area contributed by atoms with Gasteiger partial charge in [-0.1, -0.05) is 43.1 Å². The Morgan fingerprint density at radius 2 is 1.67 bits per heavy atom. The van der Waals surface area contributed by atoms with Crippen LogP contribution in [0.1, 0.15) is 58.9 Å². The van der Waals surface area contributed by atoms with Crippen molar-refractivity contribution in [1.82, 2.24) is 10.2 Å². The summed E-state index contributed by atoms with van der Waals surface area (Å²) in [7, 11) is -3.59. The van der Waals surface area contributed by atoms with Crippen LogP contribution in [0.4, 0.5) is 5.69 Å². The third-order valence-corrected chi connectivity index (χ3v) is 8.24. The number of ether oxygens (including phenoxy) is 1. The van der Waals surface area contributed by atoms with Gasteiger partial charge in [0.1, 0.15) is 11.8 Å². The second-order valence-electron chi connectivity index (χ2n) is 9.38. The molecule has 8 nitrogen and oxygen atoms in total. The number of hydrogen-bond acceptors (Lipinski definition) is 5. The van der Waals surface area contributed by atoms with E-state index in [0.717, 1.165) is 18.2 Å². The number of nitrogens with zero attached hydrogens (tertiary/aromatic N) is 2. The van der Waals surface area contributed by atoms with E-state index in [1.807, 2.05) is 27.7 Å². The molecule has 216 valence electrons. The predicted molar refractivity (Wildman–Crippen MR) is 158 cm³/mol. The summed E-state index contributed by atoms with van der Waals surface area (Å²) < 4.78 is 31.8. The summed E-state index contributed by atoms with van der Waals surface area (Å²) >= 11 is 12.3. The number of nitrogens with one attached hydrogen (secondary N) is 1. The topological polar surface area (TPSA) is 96.0 Å². The van der Waals surface area contributed by atoms with Gasteiger partial charge >= 0.3 is 0 Å². The standard InChI is InChI=1S/C28H39Cl2N3O5S/c1-6-20(4)31-28(35)26(7-2)32(19-21-11-16-24(29)25(30)18-21)27(34)10-9-17-33(39(5,36)37)22-12-14-23(15-13-22)38-8-3/h11-16,18,20,26H,6-10,17,19H2,1-5H3,(H,31,35)/t20-,26-/m0/s1. The third-order valence-electron chi connectivity index (χ3n) is 6.31. The van der Waals surface area contributed by atoms with E-state index < -0.39 is 16.1 Å². The minimum absolute atomic E-state index is 0.0362. The highest BCUT2D eigenvalue weighted by molar-refractivity contribution is 7.92. The van der Waals surface area contributed by atoms with Crippen LogP contribution in [0.2, 0.25) is 10.0 Å². The maximum absolute atomic E-state index is 13.5.